The molecule has 2 heterocycles. The van der Waals surface area contributed by atoms with Gasteiger partial charge in [0, 0.05) is 31.4 Å². The van der Waals surface area contributed by atoms with Crippen LogP contribution in [0, 0.1) is 0 Å². The topological polar surface area (TPSA) is 23.6 Å². The van der Waals surface area contributed by atoms with Crippen LogP contribution in [-0.2, 0) is 11.2 Å². The van der Waals surface area contributed by atoms with Crippen LogP contribution in [0.25, 0.3) is 0 Å². The Balaban J connectivity index is 1.31. The molecule has 3 aliphatic rings. The van der Waals surface area contributed by atoms with Gasteiger partial charge < -0.3 is 9.80 Å². The third-order valence-electron chi connectivity index (χ3n) is 5.57. The lowest BCUT2D eigenvalue weighted by Crippen LogP contribution is -2.46. The molecule has 3 heteroatoms. The molecule has 25 heavy (non-hydrogen) atoms. The number of amides is 1. The van der Waals surface area contributed by atoms with E-state index in [1.54, 1.807) is 0 Å². The van der Waals surface area contributed by atoms with Crippen LogP contribution in [0.15, 0.2) is 60.2 Å². The molecule has 0 bridgehead atoms. The zero-order valence-corrected chi connectivity index (χ0v) is 14.7. The Kier molecular flexibility index (Phi) is 4.84. The molecular weight excluding hydrogens is 308 g/mol. The lowest BCUT2D eigenvalue weighted by atomic mass is 10.0. The van der Waals surface area contributed by atoms with Gasteiger partial charge in [0.2, 0.25) is 5.91 Å². The summed E-state index contributed by atoms with van der Waals surface area (Å²) in [5.41, 5.74) is 3.78. The van der Waals surface area contributed by atoms with Crippen LogP contribution < -0.4 is 4.90 Å². The van der Waals surface area contributed by atoms with E-state index in [1.807, 2.05) is 12.1 Å². The number of rotatable bonds is 4. The quantitative estimate of drug-likeness (QED) is 0.834. The molecule has 3 nitrogen and oxygen atoms in total. The first kappa shape index (κ1) is 16.3. The number of likely N-dealkylation sites (tertiary alicyclic amines) is 1. The highest BCUT2D eigenvalue weighted by atomic mass is 16.2. The molecule has 1 amide bonds. The van der Waals surface area contributed by atoms with E-state index < -0.39 is 0 Å². The van der Waals surface area contributed by atoms with Crippen molar-refractivity contribution in [3.8, 4) is 0 Å². The maximum Gasteiger partial charge on any atom is 0.231 e. The Morgan fingerprint density at radius 1 is 1.08 bits per heavy atom. The van der Waals surface area contributed by atoms with Crippen molar-refractivity contribution >= 4 is 11.6 Å². The number of anilines is 1. The highest BCUT2D eigenvalue weighted by Gasteiger charge is 2.34. The number of carbonyl (C=O) groups excluding carboxylic acids is 1. The van der Waals surface area contributed by atoms with Gasteiger partial charge in [-0.1, -0.05) is 54.2 Å². The lowest BCUT2D eigenvalue weighted by Gasteiger charge is -2.37. The Labute approximate surface area is 150 Å². The van der Waals surface area contributed by atoms with Crippen molar-refractivity contribution in [2.24, 2.45) is 0 Å². The third kappa shape index (κ3) is 3.62. The molecule has 0 saturated carbocycles. The molecular formula is C22H26N2O. The molecule has 4 rings (SSSR count). The summed E-state index contributed by atoms with van der Waals surface area (Å²) in [4.78, 5) is 17.1. The van der Waals surface area contributed by atoms with Crippen molar-refractivity contribution in [2.75, 3.05) is 24.5 Å². The maximum atomic E-state index is 12.5. The summed E-state index contributed by atoms with van der Waals surface area (Å²) >= 11 is 0. The minimum atomic E-state index is 0.279. The van der Waals surface area contributed by atoms with E-state index in [0.717, 1.165) is 51.0 Å². The van der Waals surface area contributed by atoms with E-state index in [9.17, 15) is 4.79 Å². The van der Waals surface area contributed by atoms with E-state index in [2.05, 4.69) is 52.3 Å². The smallest absolute Gasteiger partial charge is 0.231 e. The van der Waals surface area contributed by atoms with Gasteiger partial charge in [-0.3, -0.25) is 4.79 Å². The molecule has 1 aliphatic carbocycles. The lowest BCUT2D eigenvalue weighted by molar-refractivity contribution is -0.118. The van der Waals surface area contributed by atoms with E-state index in [4.69, 9.17) is 0 Å². The number of para-hydroxylation sites is 1. The molecule has 0 N–H and O–H groups in total. The molecule has 1 aromatic rings. The summed E-state index contributed by atoms with van der Waals surface area (Å²) in [6, 6.07) is 8.64. The highest BCUT2D eigenvalue weighted by Crippen LogP contribution is 2.33. The zero-order chi connectivity index (χ0) is 17.1. The molecule has 1 saturated heterocycles. The van der Waals surface area contributed by atoms with Crippen LogP contribution in [0.2, 0.25) is 0 Å². The Morgan fingerprint density at radius 3 is 2.80 bits per heavy atom. The Morgan fingerprint density at radius 2 is 1.92 bits per heavy atom. The van der Waals surface area contributed by atoms with Gasteiger partial charge in [-0.15, -0.1) is 0 Å². The van der Waals surface area contributed by atoms with Crippen molar-refractivity contribution in [1.82, 2.24) is 4.90 Å². The van der Waals surface area contributed by atoms with E-state index in [1.165, 1.54) is 11.1 Å². The van der Waals surface area contributed by atoms with Gasteiger partial charge in [0.1, 0.15) is 0 Å². The molecule has 0 unspecified atom stereocenters. The van der Waals surface area contributed by atoms with Gasteiger partial charge in [0.15, 0.2) is 0 Å². The number of carbonyl (C=O) groups is 1. The van der Waals surface area contributed by atoms with Crippen LogP contribution in [-0.4, -0.2) is 36.5 Å². The van der Waals surface area contributed by atoms with Crippen LogP contribution in [0.1, 0.15) is 31.2 Å². The number of benzene rings is 1. The predicted molar refractivity (Wildman–Crippen MR) is 103 cm³/mol. The fourth-order valence-electron chi connectivity index (χ4n) is 4.18. The average Bonchev–Trinajstić information content (AvgIpc) is 2.81. The number of fused-ring (bicyclic) bond motifs is 1. The van der Waals surface area contributed by atoms with Gasteiger partial charge in [-0.25, -0.2) is 0 Å². The van der Waals surface area contributed by atoms with Crippen LogP contribution in [0.5, 0.6) is 0 Å². The molecule has 2 aliphatic heterocycles. The van der Waals surface area contributed by atoms with Crippen molar-refractivity contribution in [2.45, 2.75) is 38.1 Å². The second kappa shape index (κ2) is 7.40. The van der Waals surface area contributed by atoms with Crippen molar-refractivity contribution in [1.29, 1.82) is 0 Å². The fourth-order valence-corrected chi connectivity index (χ4v) is 4.18. The second-order valence-electron chi connectivity index (χ2n) is 7.19. The highest BCUT2D eigenvalue weighted by molar-refractivity contribution is 6.01. The minimum Gasteiger partial charge on any atom is -0.309 e. The number of allylic oxidation sites excluding steroid dienone is 5. The van der Waals surface area contributed by atoms with E-state index in [-0.39, 0.29) is 5.91 Å². The first-order valence-corrected chi connectivity index (χ1v) is 9.46. The van der Waals surface area contributed by atoms with Gasteiger partial charge in [-0.2, -0.15) is 0 Å². The monoisotopic (exact) mass is 334 g/mol. The van der Waals surface area contributed by atoms with Crippen LogP contribution >= 0.6 is 0 Å². The average molecular weight is 334 g/mol. The molecule has 1 fully saturated rings. The molecule has 0 aromatic heterocycles. The van der Waals surface area contributed by atoms with Crippen molar-refractivity contribution < 1.29 is 4.79 Å². The Hall–Kier alpha value is -2.13. The van der Waals surface area contributed by atoms with E-state index >= 15 is 0 Å². The minimum absolute atomic E-state index is 0.279. The number of hydrogen-bond acceptors (Lipinski definition) is 2. The van der Waals surface area contributed by atoms with Crippen LogP contribution in [0.3, 0.4) is 0 Å². The molecule has 130 valence electrons. The summed E-state index contributed by atoms with van der Waals surface area (Å²) in [6.07, 6.45) is 15.9. The predicted octanol–water partition coefficient (Wildman–Crippen LogP) is 3.87. The SMILES string of the molecule is O=C1Cc2ccccc2N1C1CCN(CCC2=CCC=CC=C2)CC1. The van der Waals surface area contributed by atoms with E-state index in [0.29, 0.717) is 12.5 Å². The maximum absolute atomic E-state index is 12.5. The number of piperidine rings is 1. The molecule has 1 aromatic carbocycles. The fraction of sp³-hybridized carbons (Fsp3) is 0.409. The first-order chi connectivity index (χ1) is 12.3. The van der Waals surface area contributed by atoms with Gasteiger partial charge in [-0.05, 0) is 37.3 Å². The van der Waals surface area contributed by atoms with Gasteiger partial charge in [0.05, 0.1) is 6.42 Å². The zero-order valence-electron chi connectivity index (χ0n) is 14.7. The van der Waals surface area contributed by atoms with Gasteiger partial charge in [0.25, 0.3) is 0 Å². The first-order valence-electron chi connectivity index (χ1n) is 9.46. The van der Waals surface area contributed by atoms with Crippen molar-refractivity contribution in [3.63, 3.8) is 0 Å². The summed E-state index contributed by atoms with van der Waals surface area (Å²) in [5, 5.41) is 0. The molecule has 0 spiro atoms. The van der Waals surface area contributed by atoms with Gasteiger partial charge >= 0.3 is 0 Å². The second-order valence-corrected chi connectivity index (χ2v) is 7.19. The Bertz CT molecular complexity index is 723. The standard InChI is InChI=1S/C22H26N2O/c25-22-17-19-9-5-6-10-21(19)24(22)20-12-15-23(16-13-20)14-11-18-7-3-1-2-4-8-18/h1-3,5-10,20H,4,11-17H2. The number of nitrogens with zero attached hydrogens (tertiary/aromatic N) is 2. The summed E-state index contributed by atoms with van der Waals surface area (Å²) < 4.78 is 0. The largest absolute Gasteiger partial charge is 0.309 e. The summed E-state index contributed by atoms with van der Waals surface area (Å²) in [7, 11) is 0. The van der Waals surface area contributed by atoms with Crippen LogP contribution in [0.4, 0.5) is 5.69 Å². The normalized spacial score (nSPS) is 21.4. The third-order valence-corrected chi connectivity index (χ3v) is 5.57. The molecule has 0 atom stereocenters. The molecule has 0 radical (unpaired) electrons. The number of hydrogen-bond donors (Lipinski definition) is 0. The summed E-state index contributed by atoms with van der Waals surface area (Å²) in [5.74, 6) is 0.279. The summed E-state index contributed by atoms with van der Waals surface area (Å²) in [6.45, 7) is 3.30. The van der Waals surface area contributed by atoms with Crippen molar-refractivity contribution in [3.05, 3.63) is 65.8 Å².